The van der Waals surface area contributed by atoms with Crippen LogP contribution in [0.25, 0.3) is 0 Å². The molecule has 0 aliphatic heterocycles. The van der Waals surface area contributed by atoms with Crippen LogP contribution in [0.3, 0.4) is 0 Å². The van der Waals surface area contributed by atoms with Crippen molar-refractivity contribution in [3.05, 3.63) is 64.6 Å². The van der Waals surface area contributed by atoms with E-state index in [1.54, 1.807) is 0 Å². The molecule has 1 nitrogen and oxygen atoms in total. The van der Waals surface area contributed by atoms with Crippen molar-refractivity contribution in [1.82, 2.24) is 0 Å². The van der Waals surface area contributed by atoms with Gasteiger partial charge in [-0.2, -0.15) is 0 Å². The van der Waals surface area contributed by atoms with Crippen LogP contribution < -0.4 is 4.90 Å². The zero-order valence-corrected chi connectivity index (χ0v) is 10.8. The van der Waals surface area contributed by atoms with Crippen molar-refractivity contribution in [2.24, 2.45) is 0 Å². The molecule has 0 aliphatic rings. The Labute approximate surface area is 105 Å². The molecule has 16 heavy (non-hydrogen) atoms. The average molecular weight is 276 g/mol. The van der Waals surface area contributed by atoms with Gasteiger partial charge >= 0.3 is 0 Å². The molecule has 0 radical (unpaired) electrons. The molecule has 82 valence electrons. The van der Waals surface area contributed by atoms with Gasteiger partial charge in [0, 0.05) is 18.1 Å². The van der Waals surface area contributed by atoms with Gasteiger partial charge in [-0.15, -0.1) is 0 Å². The fraction of sp³-hybridized carbons (Fsp3) is 0.143. The predicted octanol–water partition coefficient (Wildman–Crippen LogP) is 4.09. The van der Waals surface area contributed by atoms with E-state index in [2.05, 4.69) is 70.3 Å². The Balaban J connectivity index is 2.15. The van der Waals surface area contributed by atoms with E-state index in [0.717, 1.165) is 11.0 Å². The first kappa shape index (κ1) is 11.2. The summed E-state index contributed by atoms with van der Waals surface area (Å²) in [5, 5.41) is 0. The lowest BCUT2D eigenvalue weighted by Crippen LogP contribution is -2.16. The Hall–Kier alpha value is -1.28. The fourth-order valence-electron chi connectivity index (χ4n) is 1.70. The van der Waals surface area contributed by atoms with Crippen LogP contribution in [0.4, 0.5) is 5.69 Å². The summed E-state index contributed by atoms with van der Waals surface area (Å²) in [7, 11) is 2.10. The number of hydrogen-bond acceptors (Lipinski definition) is 1. The normalized spacial score (nSPS) is 10.1. The maximum atomic E-state index is 3.57. The summed E-state index contributed by atoms with van der Waals surface area (Å²) in [6, 6.07) is 18.8. The number of nitrogens with zero attached hydrogens (tertiary/aromatic N) is 1. The number of benzene rings is 2. The summed E-state index contributed by atoms with van der Waals surface area (Å²) in [5.41, 5.74) is 2.53. The van der Waals surface area contributed by atoms with Crippen LogP contribution >= 0.6 is 15.9 Å². The third kappa shape index (κ3) is 2.64. The van der Waals surface area contributed by atoms with Gasteiger partial charge in [-0.1, -0.05) is 42.5 Å². The van der Waals surface area contributed by atoms with Gasteiger partial charge in [-0.3, -0.25) is 0 Å². The van der Waals surface area contributed by atoms with Crippen molar-refractivity contribution in [1.29, 1.82) is 0 Å². The van der Waals surface area contributed by atoms with E-state index in [1.165, 1.54) is 11.3 Å². The SMILES string of the molecule is CN(Cc1ccccc1)c1ccccc1Br. The van der Waals surface area contributed by atoms with Gasteiger partial charge < -0.3 is 4.90 Å². The third-order valence-corrected chi connectivity index (χ3v) is 3.20. The molecule has 2 aromatic rings. The number of hydrogen-bond donors (Lipinski definition) is 0. The zero-order chi connectivity index (χ0) is 11.4. The van der Waals surface area contributed by atoms with E-state index in [1.807, 2.05) is 12.1 Å². The third-order valence-electron chi connectivity index (χ3n) is 2.53. The van der Waals surface area contributed by atoms with Gasteiger partial charge in [0.05, 0.1) is 5.69 Å². The molecule has 0 spiro atoms. The minimum absolute atomic E-state index is 0.920. The monoisotopic (exact) mass is 275 g/mol. The maximum Gasteiger partial charge on any atom is 0.0511 e. The van der Waals surface area contributed by atoms with Crippen LogP contribution in [-0.2, 0) is 6.54 Å². The molecule has 0 saturated carbocycles. The summed E-state index contributed by atoms with van der Waals surface area (Å²) in [4.78, 5) is 2.24. The lowest BCUT2D eigenvalue weighted by atomic mass is 10.2. The lowest BCUT2D eigenvalue weighted by Gasteiger charge is -2.20. The van der Waals surface area contributed by atoms with Gasteiger partial charge in [-0.05, 0) is 33.6 Å². The van der Waals surface area contributed by atoms with Crippen LogP contribution in [0, 0.1) is 0 Å². The van der Waals surface area contributed by atoms with E-state index in [4.69, 9.17) is 0 Å². The van der Waals surface area contributed by atoms with Gasteiger partial charge in [0.1, 0.15) is 0 Å². The van der Waals surface area contributed by atoms with Gasteiger partial charge in [0.15, 0.2) is 0 Å². The van der Waals surface area contributed by atoms with Crippen molar-refractivity contribution < 1.29 is 0 Å². The molecule has 0 bridgehead atoms. The molecule has 0 amide bonds. The van der Waals surface area contributed by atoms with Crippen molar-refractivity contribution >= 4 is 21.6 Å². The van der Waals surface area contributed by atoms with Crippen molar-refractivity contribution in [3.8, 4) is 0 Å². The molecule has 0 atom stereocenters. The van der Waals surface area contributed by atoms with Gasteiger partial charge in [-0.25, -0.2) is 0 Å². The highest BCUT2D eigenvalue weighted by Gasteiger charge is 2.04. The van der Waals surface area contributed by atoms with E-state index in [9.17, 15) is 0 Å². The maximum absolute atomic E-state index is 3.57. The van der Waals surface area contributed by atoms with Crippen LogP contribution in [0.2, 0.25) is 0 Å². The standard InChI is InChI=1S/C14H14BrN/c1-16(11-12-7-3-2-4-8-12)14-10-6-5-9-13(14)15/h2-10H,11H2,1H3. The Morgan fingerprint density at radius 2 is 1.56 bits per heavy atom. The minimum Gasteiger partial charge on any atom is -0.369 e. The quantitative estimate of drug-likeness (QED) is 0.816. The van der Waals surface area contributed by atoms with Crippen LogP contribution in [-0.4, -0.2) is 7.05 Å². The van der Waals surface area contributed by atoms with E-state index < -0.39 is 0 Å². The van der Waals surface area contributed by atoms with Gasteiger partial charge in [0.2, 0.25) is 0 Å². The molecule has 0 aromatic heterocycles. The number of halogens is 1. The zero-order valence-electron chi connectivity index (χ0n) is 9.23. The summed E-state index contributed by atoms with van der Waals surface area (Å²) in [6.45, 7) is 0.920. The topological polar surface area (TPSA) is 3.24 Å². The summed E-state index contributed by atoms with van der Waals surface area (Å²) in [6.07, 6.45) is 0. The molecule has 0 aliphatic carbocycles. The van der Waals surface area contributed by atoms with E-state index in [-0.39, 0.29) is 0 Å². The Bertz CT molecular complexity index is 453. The molecule has 0 N–H and O–H groups in total. The second kappa shape index (κ2) is 5.17. The molecule has 0 fully saturated rings. The number of rotatable bonds is 3. The Kier molecular flexibility index (Phi) is 3.62. The van der Waals surface area contributed by atoms with Crippen molar-refractivity contribution in [2.45, 2.75) is 6.54 Å². The minimum atomic E-state index is 0.920. The van der Waals surface area contributed by atoms with Crippen LogP contribution in [0.15, 0.2) is 59.1 Å². The molecular formula is C14H14BrN. The fourth-order valence-corrected chi connectivity index (χ4v) is 2.29. The van der Waals surface area contributed by atoms with Crippen LogP contribution in [0.5, 0.6) is 0 Å². The summed E-state index contributed by atoms with van der Waals surface area (Å²) in [5.74, 6) is 0. The largest absolute Gasteiger partial charge is 0.369 e. The van der Waals surface area contributed by atoms with Gasteiger partial charge in [0.25, 0.3) is 0 Å². The van der Waals surface area contributed by atoms with Crippen molar-refractivity contribution in [2.75, 3.05) is 11.9 Å². The molecular weight excluding hydrogens is 262 g/mol. The predicted molar refractivity (Wildman–Crippen MR) is 72.7 cm³/mol. The molecule has 2 rings (SSSR count). The van der Waals surface area contributed by atoms with E-state index >= 15 is 0 Å². The second-order valence-corrected chi connectivity index (χ2v) is 4.65. The Morgan fingerprint density at radius 1 is 0.938 bits per heavy atom. The van der Waals surface area contributed by atoms with Crippen LogP contribution in [0.1, 0.15) is 5.56 Å². The highest BCUT2D eigenvalue weighted by molar-refractivity contribution is 9.10. The Morgan fingerprint density at radius 3 is 2.25 bits per heavy atom. The smallest absolute Gasteiger partial charge is 0.0511 e. The molecule has 0 unspecified atom stereocenters. The number of para-hydroxylation sites is 1. The first-order valence-electron chi connectivity index (χ1n) is 5.27. The molecule has 2 heteroatoms. The summed E-state index contributed by atoms with van der Waals surface area (Å²) >= 11 is 3.57. The van der Waals surface area contributed by atoms with Crippen molar-refractivity contribution in [3.63, 3.8) is 0 Å². The average Bonchev–Trinajstić information content (AvgIpc) is 2.31. The first-order valence-corrected chi connectivity index (χ1v) is 6.06. The first-order chi connectivity index (χ1) is 7.77. The van der Waals surface area contributed by atoms with E-state index in [0.29, 0.717) is 0 Å². The molecule has 2 aromatic carbocycles. The highest BCUT2D eigenvalue weighted by Crippen LogP contribution is 2.25. The molecule has 0 saturated heterocycles. The lowest BCUT2D eigenvalue weighted by molar-refractivity contribution is 0.920. The molecule has 0 heterocycles. The summed E-state index contributed by atoms with van der Waals surface area (Å²) < 4.78 is 1.13. The highest BCUT2D eigenvalue weighted by atomic mass is 79.9. The second-order valence-electron chi connectivity index (χ2n) is 3.79. The number of anilines is 1.